The Morgan fingerprint density at radius 2 is 1.68 bits per heavy atom. The summed E-state index contributed by atoms with van der Waals surface area (Å²) in [5.74, 6) is 0.774. The molecule has 1 aromatic heterocycles. The van der Waals surface area contributed by atoms with Crippen molar-refractivity contribution in [2.75, 3.05) is 26.8 Å². The van der Waals surface area contributed by atoms with Gasteiger partial charge in [0.1, 0.15) is 17.3 Å². The number of methoxy groups -OCH3 is 1. The van der Waals surface area contributed by atoms with Crippen LogP contribution in [0, 0.1) is 18.2 Å². The number of amides is 2. The fourth-order valence-corrected chi connectivity index (χ4v) is 3.12. The van der Waals surface area contributed by atoms with E-state index in [9.17, 15) is 14.0 Å². The fraction of sp³-hybridized carbons (Fsp3) is 0.500. The molecule has 1 heterocycles. The zero-order valence-electron chi connectivity index (χ0n) is 19.1. The van der Waals surface area contributed by atoms with Gasteiger partial charge in [-0.15, -0.1) is 0 Å². The van der Waals surface area contributed by atoms with E-state index in [2.05, 4.69) is 0 Å². The van der Waals surface area contributed by atoms with Crippen molar-refractivity contribution in [1.82, 2.24) is 9.80 Å². The third kappa shape index (κ3) is 8.53. The molecular formula is C24H33FN2O4. The average Bonchev–Trinajstić information content (AvgIpc) is 3.09. The normalized spacial score (nSPS) is 11.4. The first-order valence-corrected chi connectivity index (χ1v) is 10.4. The zero-order valence-corrected chi connectivity index (χ0v) is 19.1. The van der Waals surface area contributed by atoms with Crippen LogP contribution >= 0.6 is 0 Å². The topological polar surface area (TPSA) is 63.0 Å². The van der Waals surface area contributed by atoms with Gasteiger partial charge in [-0.1, -0.05) is 32.9 Å². The van der Waals surface area contributed by atoms with E-state index in [1.54, 1.807) is 29.0 Å². The first-order valence-electron chi connectivity index (χ1n) is 10.4. The molecule has 0 unspecified atom stereocenters. The van der Waals surface area contributed by atoms with Crippen LogP contribution in [0.3, 0.4) is 0 Å². The summed E-state index contributed by atoms with van der Waals surface area (Å²) in [6.45, 7) is 8.97. The van der Waals surface area contributed by atoms with Crippen LogP contribution in [0.1, 0.15) is 44.3 Å². The van der Waals surface area contributed by atoms with Crippen LogP contribution in [0.4, 0.5) is 4.39 Å². The molecule has 0 radical (unpaired) electrons. The van der Waals surface area contributed by atoms with Gasteiger partial charge in [-0.2, -0.15) is 0 Å². The van der Waals surface area contributed by atoms with Gasteiger partial charge in [-0.05, 0) is 42.2 Å². The lowest BCUT2D eigenvalue weighted by Gasteiger charge is -2.29. The summed E-state index contributed by atoms with van der Waals surface area (Å²) in [6, 6.07) is 9.70. The van der Waals surface area contributed by atoms with Crippen molar-refractivity contribution in [2.45, 2.75) is 47.2 Å². The summed E-state index contributed by atoms with van der Waals surface area (Å²) in [5.41, 5.74) is 0.604. The number of carbonyl (C=O) groups excluding carboxylic acids is 2. The second-order valence-electron chi connectivity index (χ2n) is 8.93. The summed E-state index contributed by atoms with van der Waals surface area (Å²) < 4.78 is 24.1. The van der Waals surface area contributed by atoms with E-state index in [1.165, 1.54) is 12.1 Å². The van der Waals surface area contributed by atoms with Crippen molar-refractivity contribution in [3.63, 3.8) is 0 Å². The molecule has 0 saturated heterocycles. The van der Waals surface area contributed by atoms with Crippen molar-refractivity contribution in [1.29, 1.82) is 0 Å². The molecule has 0 spiro atoms. The number of rotatable bonds is 10. The van der Waals surface area contributed by atoms with E-state index in [4.69, 9.17) is 9.15 Å². The van der Waals surface area contributed by atoms with Crippen molar-refractivity contribution in [3.8, 4) is 0 Å². The summed E-state index contributed by atoms with van der Waals surface area (Å²) >= 11 is 0. The molecule has 0 N–H and O–H groups in total. The first-order chi connectivity index (χ1) is 14.6. The van der Waals surface area contributed by atoms with Crippen molar-refractivity contribution in [3.05, 3.63) is 59.3 Å². The number of ether oxygens (including phenoxy) is 1. The predicted octanol–water partition coefficient (Wildman–Crippen LogP) is 4.17. The predicted molar refractivity (Wildman–Crippen MR) is 117 cm³/mol. The maximum Gasteiger partial charge on any atom is 0.242 e. The molecule has 2 aromatic rings. The van der Waals surface area contributed by atoms with Crippen LogP contribution in [-0.4, -0.2) is 48.4 Å². The van der Waals surface area contributed by atoms with E-state index < -0.39 is 0 Å². The minimum atomic E-state index is -0.332. The highest BCUT2D eigenvalue weighted by Crippen LogP contribution is 2.20. The van der Waals surface area contributed by atoms with Gasteiger partial charge in [0.2, 0.25) is 11.8 Å². The minimum Gasteiger partial charge on any atom is -0.464 e. The van der Waals surface area contributed by atoms with E-state index >= 15 is 0 Å². The number of hydrogen-bond donors (Lipinski definition) is 0. The van der Waals surface area contributed by atoms with Gasteiger partial charge in [-0.3, -0.25) is 9.59 Å². The first kappa shape index (κ1) is 24.6. The van der Waals surface area contributed by atoms with Gasteiger partial charge in [0.05, 0.1) is 19.7 Å². The third-order valence-electron chi connectivity index (χ3n) is 4.71. The number of nitrogens with zero attached hydrogens (tertiary/aromatic N) is 2. The lowest BCUT2D eigenvalue weighted by Crippen LogP contribution is -2.44. The third-order valence-corrected chi connectivity index (χ3v) is 4.71. The molecule has 31 heavy (non-hydrogen) atoms. The van der Waals surface area contributed by atoms with Crippen molar-refractivity contribution < 1.29 is 23.1 Å². The van der Waals surface area contributed by atoms with Crippen LogP contribution in [-0.2, 0) is 27.4 Å². The van der Waals surface area contributed by atoms with Crippen LogP contribution in [0.2, 0.25) is 0 Å². The molecule has 0 saturated carbocycles. The number of furan rings is 1. The van der Waals surface area contributed by atoms with E-state index in [0.29, 0.717) is 25.3 Å². The van der Waals surface area contributed by atoms with Gasteiger partial charge < -0.3 is 19.0 Å². The molecule has 0 fully saturated rings. The number of carbonyl (C=O) groups is 2. The van der Waals surface area contributed by atoms with Gasteiger partial charge >= 0.3 is 0 Å². The minimum absolute atomic E-state index is 0.0564. The maximum atomic E-state index is 13.3. The molecule has 7 heteroatoms. The highest BCUT2D eigenvalue weighted by atomic mass is 19.1. The molecule has 1 aromatic carbocycles. The molecule has 170 valence electrons. The van der Waals surface area contributed by atoms with Gasteiger partial charge in [-0.25, -0.2) is 4.39 Å². The Bertz CT molecular complexity index is 855. The van der Waals surface area contributed by atoms with Gasteiger partial charge in [0, 0.05) is 26.6 Å². The molecule has 0 atom stereocenters. The number of benzene rings is 1. The Morgan fingerprint density at radius 3 is 2.23 bits per heavy atom. The van der Waals surface area contributed by atoms with Crippen LogP contribution in [0.25, 0.3) is 0 Å². The van der Waals surface area contributed by atoms with E-state index in [0.717, 1.165) is 11.3 Å². The molecule has 0 aliphatic carbocycles. The van der Waals surface area contributed by atoms with Crippen LogP contribution < -0.4 is 0 Å². The standard InChI is InChI=1S/C24H33FN2O4/c1-18-6-11-21(31-18)16-27(15-19-7-9-20(25)10-8-19)23(29)17-26(12-13-30-5)22(28)14-24(2,3)4/h6-11H,12-17H2,1-5H3. The van der Waals surface area contributed by atoms with E-state index in [-0.39, 0.29) is 42.7 Å². The monoisotopic (exact) mass is 432 g/mol. The molecule has 2 rings (SSSR count). The Hall–Kier alpha value is -2.67. The van der Waals surface area contributed by atoms with E-state index in [1.807, 2.05) is 39.8 Å². The Kier molecular flexibility index (Phi) is 8.80. The summed E-state index contributed by atoms with van der Waals surface area (Å²) in [5, 5.41) is 0. The molecule has 0 aliphatic rings. The zero-order chi connectivity index (χ0) is 23.0. The molecule has 0 aliphatic heterocycles. The lowest BCUT2D eigenvalue weighted by molar-refractivity contribution is -0.142. The van der Waals surface area contributed by atoms with Crippen LogP contribution in [0.15, 0.2) is 40.8 Å². The van der Waals surface area contributed by atoms with Gasteiger partial charge in [0.25, 0.3) is 0 Å². The largest absolute Gasteiger partial charge is 0.464 e. The number of halogens is 1. The average molecular weight is 433 g/mol. The van der Waals surface area contributed by atoms with Crippen molar-refractivity contribution >= 4 is 11.8 Å². The highest BCUT2D eigenvalue weighted by molar-refractivity contribution is 5.85. The molecule has 2 amide bonds. The summed E-state index contributed by atoms with van der Waals surface area (Å²) in [6.07, 6.45) is 0.333. The summed E-state index contributed by atoms with van der Waals surface area (Å²) in [7, 11) is 1.56. The smallest absolute Gasteiger partial charge is 0.242 e. The SMILES string of the molecule is COCCN(CC(=O)N(Cc1ccc(F)cc1)Cc1ccc(C)o1)C(=O)CC(C)(C)C. The number of hydrogen-bond acceptors (Lipinski definition) is 4. The molecule has 0 bridgehead atoms. The second kappa shape index (κ2) is 11.1. The number of aryl methyl sites for hydroxylation is 1. The lowest BCUT2D eigenvalue weighted by atomic mass is 9.91. The van der Waals surface area contributed by atoms with Crippen molar-refractivity contribution in [2.24, 2.45) is 5.41 Å². The second-order valence-corrected chi connectivity index (χ2v) is 8.93. The Morgan fingerprint density at radius 1 is 1.00 bits per heavy atom. The van der Waals surface area contributed by atoms with Gasteiger partial charge in [0.15, 0.2) is 0 Å². The Balaban J connectivity index is 2.19. The maximum absolute atomic E-state index is 13.3. The molecule has 6 nitrogen and oxygen atoms in total. The fourth-order valence-electron chi connectivity index (χ4n) is 3.12. The Labute approximate surface area is 184 Å². The van der Waals surface area contributed by atoms with Crippen LogP contribution in [0.5, 0.6) is 0 Å². The quantitative estimate of drug-likeness (QED) is 0.565. The highest BCUT2D eigenvalue weighted by Gasteiger charge is 2.25. The summed E-state index contributed by atoms with van der Waals surface area (Å²) in [4.78, 5) is 29.2. The molecular weight excluding hydrogens is 399 g/mol.